The van der Waals surface area contributed by atoms with E-state index in [2.05, 4.69) is 106 Å². The molecule has 0 amide bonds. The van der Waals surface area contributed by atoms with Crippen molar-refractivity contribution in [2.24, 2.45) is 0 Å². The summed E-state index contributed by atoms with van der Waals surface area (Å²) >= 11 is 0. The fourth-order valence-corrected chi connectivity index (χ4v) is 6.12. The van der Waals surface area contributed by atoms with Crippen molar-refractivity contribution in [1.82, 2.24) is 0 Å². The average Bonchev–Trinajstić information content (AvgIpc) is 3.77. The normalized spacial score (nSPS) is 23.1. The van der Waals surface area contributed by atoms with Gasteiger partial charge in [0.25, 0.3) is 0 Å². The Morgan fingerprint density at radius 1 is 0.927 bits per heavy atom. The van der Waals surface area contributed by atoms with Gasteiger partial charge in [-0.25, -0.2) is 4.79 Å². The second kappa shape index (κ2) is 10.5. The van der Waals surface area contributed by atoms with Gasteiger partial charge in [-0.3, -0.25) is 0 Å². The molecule has 212 valence electrons. The Hall–Kier alpha value is -3.35. The Bertz CT molecular complexity index is 1440. The standard InChI is InChI=1S/C35H40BNO4/c1-23-21-28-22-29(36-40-34(2,3)35(4,5)41-36)16-19-31(28)33(27-10-7-24(8-11-27)9-20-32(38)39-6)37(23)30-17-14-26(15-18-30)25-12-13-25/h7-11,14-20,22-23,25,33H,12-13,21H2,1-6H3/b20-9+. The monoisotopic (exact) mass is 549 g/mol. The van der Waals surface area contributed by atoms with E-state index in [0.717, 1.165) is 23.4 Å². The number of rotatable bonds is 6. The maximum Gasteiger partial charge on any atom is 0.494 e. The van der Waals surface area contributed by atoms with Crippen molar-refractivity contribution in [3.63, 3.8) is 0 Å². The molecule has 0 spiro atoms. The van der Waals surface area contributed by atoms with E-state index in [1.54, 1.807) is 6.08 Å². The van der Waals surface area contributed by atoms with Crippen LogP contribution in [0.2, 0.25) is 0 Å². The molecule has 2 unspecified atom stereocenters. The van der Waals surface area contributed by atoms with Crippen LogP contribution in [-0.4, -0.2) is 37.4 Å². The average molecular weight is 550 g/mol. The maximum atomic E-state index is 11.6. The smallest absolute Gasteiger partial charge is 0.466 e. The summed E-state index contributed by atoms with van der Waals surface area (Å²) in [6.45, 7) is 10.7. The lowest BCUT2D eigenvalue weighted by Crippen LogP contribution is -2.44. The zero-order chi connectivity index (χ0) is 28.9. The molecule has 2 fully saturated rings. The van der Waals surface area contributed by atoms with E-state index in [9.17, 15) is 4.79 Å². The molecule has 2 atom stereocenters. The molecule has 3 aromatic carbocycles. The summed E-state index contributed by atoms with van der Waals surface area (Å²) in [7, 11) is 1.01. The van der Waals surface area contributed by atoms with Crippen molar-refractivity contribution >= 4 is 30.3 Å². The number of carbonyl (C=O) groups excluding carboxylic acids is 1. The predicted octanol–water partition coefficient (Wildman–Crippen LogP) is 6.59. The molecule has 2 aliphatic heterocycles. The molecule has 6 heteroatoms. The van der Waals surface area contributed by atoms with E-state index in [-0.39, 0.29) is 36.4 Å². The lowest BCUT2D eigenvalue weighted by atomic mass is 9.75. The number of hydrogen-bond donors (Lipinski definition) is 0. The molecule has 1 aliphatic carbocycles. The van der Waals surface area contributed by atoms with Crippen LogP contribution in [0.3, 0.4) is 0 Å². The highest BCUT2D eigenvalue weighted by atomic mass is 16.7. The molecule has 5 nitrogen and oxygen atoms in total. The molecule has 2 heterocycles. The highest BCUT2D eigenvalue weighted by molar-refractivity contribution is 6.62. The van der Waals surface area contributed by atoms with Crippen LogP contribution >= 0.6 is 0 Å². The molecular formula is C35H40BNO4. The lowest BCUT2D eigenvalue weighted by molar-refractivity contribution is -0.134. The number of carbonyl (C=O) groups is 1. The van der Waals surface area contributed by atoms with E-state index >= 15 is 0 Å². The van der Waals surface area contributed by atoms with Crippen molar-refractivity contribution < 1.29 is 18.8 Å². The zero-order valence-electron chi connectivity index (χ0n) is 25.0. The highest BCUT2D eigenvalue weighted by Gasteiger charge is 2.52. The first kappa shape index (κ1) is 27.8. The highest BCUT2D eigenvalue weighted by Crippen LogP contribution is 2.44. The predicted molar refractivity (Wildman–Crippen MR) is 166 cm³/mol. The van der Waals surface area contributed by atoms with Crippen LogP contribution in [0.15, 0.2) is 72.8 Å². The van der Waals surface area contributed by atoms with Crippen LogP contribution in [0.4, 0.5) is 5.69 Å². The van der Waals surface area contributed by atoms with Crippen LogP contribution in [0.5, 0.6) is 0 Å². The van der Waals surface area contributed by atoms with Crippen molar-refractivity contribution in [2.75, 3.05) is 12.0 Å². The van der Waals surface area contributed by atoms with Crippen molar-refractivity contribution in [1.29, 1.82) is 0 Å². The second-order valence-corrected chi connectivity index (χ2v) is 12.8. The minimum atomic E-state index is -0.382. The van der Waals surface area contributed by atoms with E-state index in [0.29, 0.717) is 0 Å². The number of nitrogens with zero attached hydrogens (tertiary/aromatic N) is 1. The number of hydrogen-bond acceptors (Lipinski definition) is 5. The quantitative estimate of drug-likeness (QED) is 0.197. The van der Waals surface area contributed by atoms with E-state index in [1.165, 1.54) is 54.0 Å². The van der Waals surface area contributed by atoms with Crippen LogP contribution < -0.4 is 10.4 Å². The van der Waals surface area contributed by atoms with Gasteiger partial charge in [0.1, 0.15) is 0 Å². The van der Waals surface area contributed by atoms with Gasteiger partial charge in [-0.05, 0) is 111 Å². The third-order valence-corrected chi connectivity index (χ3v) is 9.36. The minimum absolute atomic E-state index is 0.0477. The zero-order valence-corrected chi connectivity index (χ0v) is 25.0. The van der Waals surface area contributed by atoms with Crippen molar-refractivity contribution in [3.05, 3.63) is 101 Å². The van der Waals surface area contributed by atoms with Gasteiger partial charge in [0.2, 0.25) is 0 Å². The molecule has 0 bridgehead atoms. The first-order valence-corrected chi connectivity index (χ1v) is 14.8. The van der Waals surface area contributed by atoms with Gasteiger partial charge < -0.3 is 18.9 Å². The van der Waals surface area contributed by atoms with Crippen LogP contribution in [0, 0.1) is 0 Å². The Labute approximate surface area is 244 Å². The second-order valence-electron chi connectivity index (χ2n) is 12.8. The van der Waals surface area contributed by atoms with Gasteiger partial charge in [-0.15, -0.1) is 0 Å². The number of anilines is 1. The number of ether oxygens (including phenoxy) is 1. The molecule has 1 saturated carbocycles. The summed E-state index contributed by atoms with van der Waals surface area (Å²) in [5.74, 6) is 0.376. The topological polar surface area (TPSA) is 48.0 Å². The summed E-state index contributed by atoms with van der Waals surface area (Å²) in [5.41, 5.74) is 7.80. The SMILES string of the molecule is COC(=O)/C=C/c1ccc(C2c3ccc(B4OC(C)(C)C(C)(C)O4)cc3CC(C)N2c2ccc(C3CC3)cc2)cc1. The summed E-state index contributed by atoms with van der Waals surface area (Å²) in [6, 6.07) is 24.8. The third kappa shape index (κ3) is 5.36. The van der Waals surface area contributed by atoms with Crippen molar-refractivity contribution in [3.8, 4) is 0 Å². The molecule has 1 saturated heterocycles. The van der Waals surface area contributed by atoms with Gasteiger partial charge in [-0.1, -0.05) is 54.6 Å². The summed E-state index contributed by atoms with van der Waals surface area (Å²) < 4.78 is 17.5. The molecule has 6 rings (SSSR count). The van der Waals surface area contributed by atoms with Gasteiger partial charge in [0.05, 0.1) is 24.4 Å². The van der Waals surface area contributed by atoms with Gasteiger partial charge in [0, 0.05) is 17.8 Å². The van der Waals surface area contributed by atoms with Crippen molar-refractivity contribution in [2.45, 2.75) is 83.1 Å². The Kier molecular flexibility index (Phi) is 7.11. The Balaban J connectivity index is 1.38. The maximum absolute atomic E-state index is 11.6. The molecule has 3 aliphatic rings. The first-order chi connectivity index (χ1) is 19.6. The molecule has 41 heavy (non-hydrogen) atoms. The van der Waals surface area contributed by atoms with Crippen LogP contribution in [0.1, 0.15) is 87.2 Å². The van der Waals surface area contributed by atoms with Gasteiger partial charge in [-0.2, -0.15) is 0 Å². The number of methoxy groups -OCH3 is 1. The summed E-state index contributed by atoms with van der Waals surface area (Å²) in [4.78, 5) is 14.2. The fraction of sp³-hybridized carbons (Fsp3) is 0.400. The Morgan fingerprint density at radius 3 is 2.17 bits per heavy atom. The molecular weight excluding hydrogens is 509 g/mol. The summed E-state index contributed by atoms with van der Waals surface area (Å²) in [5, 5.41) is 0. The van der Waals surface area contributed by atoms with E-state index < -0.39 is 0 Å². The van der Waals surface area contributed by atoms with Crippen LogP contribution in [0.25, 0.3) is 6.08 Å². The number of esters is 1. The summed E-state index contributed by atoms with van der Waals surface area (Å²) in [6.07, 6.45) is 6.79. The molecule has 0 aromatic heterocycles. The molecule has 0 radical (unpaired) electrons. The fourth-order valence-electron chi connectivity index (χ4n) is 6.12. The Morgan fingerprint density at radius 2 is 1.56 bits per heavy atom. The van der Waals surface area contributed by atoms with Gasteiger partial charge in [0.15, 0.2) is 0 Å². The lowest BCUT2D eigenvalue weighted by Gasteiger charge is -2.44. The third-order valence-electron chi connectivity index (χ3n) is 9.36. The van der Waals surface area contributed by atoms with E-state index in [4.69, 9.17) is 14.0 Å². The number of fused-ring (bicyclic) bond motifs is 1. The largest absolute Gasteiger partial charge is 0.494 e. The van der Waals surface area contributed by atoms with Gasteiger partial charge >= 0.3 is 13.1 Å². The van der Waals surface area contributed by atoms with Crippen LogP contribution in [-0.2, 0) is 25.3 Å². The van der Waals surface area contributed by atoms with E-state index in [1.807, 2.05) is 0 Å². The first-order valence-electron chi connectivity index (χ1n) is 14.8. The number of benzene rings is 3. The minimum Gasteiger partial charge on any atom is -0.466 e. The molecule has 3 aromatic rings. The molecule has 0 N–H and O–H groups in total.